The number of carboxylic acids is 1. The molecule has 1 saturated heterocycles. The first kappa shape index (κ1) is 12.3. The zero-order chi connectivity index (χ0) is 13.2. The Morgan fingerprint density at radius 2 is 2.21 bits per heavy atom. The molecule has 3 rings (SSSR count). The van der Waals surface area contributed by atoms with E-state index in [-0.39, 0.29) is 5.92 Å². The number of nitrogens with zero attached hydrogens (tertiary/aromatic N) is 3. The van der Waals surface area contributed by atoms with Gasteiger partial charge in [0.05, 0.1) is 19.1 Å². The smallest absolute Gasteiger partial charge is 0.306 e. The van der Waals surface area contributed by atoms with Crippen LogP contribution >= 0.6 is 0 Å². The third-order valence-corrected chi connectivity index (χ3v) is 3.78. The summed E-state index contributed by atoms with van der Waals surface area (Å²) in [6.07, 6.45) is 3.74. The van der Waals surface area contributed by atoms with Crippen molar-refractivity contribution in [3.8, 4) is 0 Å². The Kier molecular flexibility index (Phi) is 3.33. The molecule has 1 aromatic rings. The van der Waals surface area contributed by atoms with Crippen molar-refractivity contribution in [3.63, 3.8) is 0 Å². The zero-order valence-electron chi connectivity index (χ0n) is 10.7. The second-order valence-corrected chi connectivity index (χ2v) is 5.02. The van der Waals surface area contributed by atoms with Crippen LogP contribution in [0, 0.1) is 5.92 Å². The third kappa shape index (κ3) is 2.53. The predicted molar refractivity (Wildman–Crippen MR) is 68.2 cm³/mol. The quantitative estimate of drug-likeness (QED) is 0.837. The van der Waals surface area contributed by atoms with Gasteiger partial charge in [-0.15, -0.1) is 0 Å². The van der Waals surface area contributed by atoms with Gasteiger partial charge in [-0.05, 0) is 24.8 Å². The topological polar surface area (TPSA) is 75.5 Å². The lowest BCUT2D eigenvalue weighted by molar-refractivity contribution is -0.142. The molecular weight excluding hydrogens is 246 g/mol. The fourth-order valence-corrected chi connectivity index (χ4v) is 2.62. The van der Waals surface area contributed by atoms with Gasteiger partial charge in [-0.1, -0.05) is 0 Å². The number of anilines is 1. The number of aliphatic carboxylic acids is 1. The second-order valence-electron chi connectivity index (χ2n) is 5.02. The van der Waals surface area contributed by atoms with E-state index in [0.717, 1.165) is 36.7 Å². The van der Waals surface area contributed by atoms with Crippen molar-refractivity contribution < 1.29 is 14.6 Å². The molecule has 0 aromatic carbocycles. The van der Waals surface area contributed by atoms with Crippen LogP contribution in [0.15, 0.2) is 6.20 Å². The number of aryl methyl sites for hydroxylation is 1. The fourth-order valence-electron chi connectivity index (χ4n) is 2.62. The summed E-state index contributed by atoms with van der Waals surface area (Å²) in [7, 11) is 0. The van der Waals surface area contributed by atoms with E-state index in [1.165, 1.54) is 0 Å². The Morgan fingerprint density at radius 3 is 2.95 bits per heavy atom. The van der Waals surface area contributed by atoms with Gasteiger partial charge < -0.3 is 14.7 Å². The standard InChI is InChI=1S/C13H17N3O3/c17-12(18)9-1-2-11-10(7-9)8-14-13(15-11)16-3-5-19-6-4-16/h8-9H,1-7H2,(H,17,18). The largest absolute Gasteiger partial charge is 0.481 e. The molecule has 1 aliphatic carbocycles. The maximum absolute atomic E-state index is 11.0. The van der Waals surface area contributed by atoms with Crippen LogP contribution in [-0.4, -0.2) is 47.3 Å². The highest BCUT2D eigenvalue weighted by molar-refractivity contribution is 5.70. The molecule has 0 amide bonds. The molecule has 0 saturated carbocycles. The molecule has 1 atom stereocenters. The van der Waals surface area contributed by atoms with Crippen molar-refractivity contribution in [1.29, 1.82) is 0 Å². The highest BCUT2D eigenvalue weighted by Crippen LogP contribution is 2.25. The zero-order valence-corrected chi connectivity index (χ0v) is 10.7. The molecule has 0 bridgehead atoms. The van der Waals surface area contributed by atoms with E-state index in [9.17, 15) is 4.79 Å². The second kappa shape index (κ2) is 5.13. The summed E-state index contributed by atoms with van der Waals surface area (Å²) in [4.78, 5) is 22.1. The maximum atomic E-state index is 11.0. The molecule has 0 spiro atoms. The number of carboxylic acid groups (broad SMARTS) is 1. The van der Waals surface area contributed by atoms with Crippen LogP contribution in [0.25, 0.3) is 0 Å². The highest BCUT2D eigenvalue weighted by Gasteiger charge is 2.26. The monoisotopic (exact) mass is 263 g/mol. The summed E-state index contributed by atoms with van der Waals surface area (Å²) < 4.78 is 5.31. The SMILES string of the molecule is O=C(O)C1CCc2nc(N3CCOCC3)ncc2C1. The Balaban J connectivity index is 1.79. The Hall–Kier alpha value is -1.69. The van der Waals surface area contributed by atoms with Gasteiger partial charge in [-0.2, -0.15) is 0 Å². The van der Waals surface area contributed by atoms with Crippen molar-refractivity contribution in [3.05, 3.63) is 17.5 Å². The van der Waals surface area contributed by atoms with Crippen LogP contribution < -0.4 is 4.90 Å². The first-order chi connectivity index (χ1) is 9.24. The molecular formula is C13H17N3O3. The van der Waals surface area contributed by atoms with Gasteiger partial charge in [0.2, 0.25) is 5.95 Å². The van der Waals surface area contributed by atoms with Crippen molar-refractivity contribution >= 4 is 11.9 Å². The normalized spacial score (nSPS) is 22.9. The van der Waals surface area contributed by atoms with Gasteiger partial charge in [0, 0.05) is 25.0 Å². The molecule has 2 aliphatic rings. The van der Waals surface area contributed by atoms with E-state index in [4.69, 9.17) is 9.84 Å². The van der Waals surface area contributed by atoms with Crippen molar-refractivity contribution in [2.45, 2.75) is 19.3 Å². The maximum Gasteiger partial charge on any atom is 0.306 e. The number of morpholine rings is 1. The molecule has 6 nitrogen and oxygen atoms in total. The Labute approximate surface area is 111 Å². The van der Waals surface area contributed by atoms with E-state index in [1.54, 1.807) is 6.20 Å². The molecule has 102 valence electrons. The number of aromatic nitrogens is 2. The van der Waals surface area contributed by atoms with Crippen molar-refractivity contribution in [1.82, 2.24) is 9.97 Å². The minimum absolute atomic E-state index is 0.287. The number of rotatable bonds is 2. The van der Waals surface area contributed by atoms with Gasteiger partial charge in [-0.25, -0.2) is 9.97 Å². The first-order valence-electron chi connectivity index (χ1n) is 6.64. The van der Waals surface area contributed by atoms with Crippen LogP contribution in [0.1, 0.15) is 17.7 Å². The lowest BCUT2D eigenvalue weighted by atomic mass is 9.87. The number of ether oxygens (including phenoxy) is 1. The van der Waals surface area contributed by atoms with E-state index >= 15 is 0 Å². The number of fused-ring (bicyclic) bond motifs is 1. The fraction of sp³-hybridized carbons (Fsp3) is 0.615. The molecule has 1 unspecified atom stereocenters. The van der Waals surface area contributed by atoms with Gasteiger partial charge in [0.15, 0.2) is 0 Å². The van der Waals surface area contributed by atoms with Crippen LogP contribution in [-0.2, 0) is 22.4 Å². The van der Waals surface area contributed by atoms with E-state index in [0.29, 0.717) is 26.1 Å². The van der Waals surface area contributed by atoms with Gasteiger partial charge in [-0.3, -0.25) is 4.79 Å². The van der Waals surface area contributed by atoms with Gasteiger partial charge >= 0.3 is 5.97 Å². The lowest BCUT2D eigenvalue weighted by Gasteiger charge is -2.28. The summed E-state index contributed by atoms with van der Waals surface area (Å²) in [5.41, 5.74) is 1.99. The van der Waals surface area contributed by atoms with E-state index in [2.05, 4.69) is 14.9 Å². The minimum Gasteiger partial charge on any atom is -0.481 e. The molecule has 19 heavy (non-hydrogen) atoms. The summed E-state index contributed by atoms with van der Waals surface area (Å²) in [6, 6.07) is 0. The molecule has 1 fully saturated rings. The van der Waals surface area contributed by atoms with Crippen molar-refractivity contribution in [2.24, 2.45) is 5.92 Å². The van der Waals surface area contributed by atoms with E-state index < -0.39 is 5.97 Å². The number of carbonyl (C=O) groups is 1. The predicted octanol–water partition coefficient (Wildman–Crippen LogP) is 0.503. The highest BCUT2D eigenvalue weighted by atomic mass is 16.5. The first-order valence-corrected chi connectivity index (χ1v) is 6.64. The Bertz CT molecular complexity index is 486. The van der Waals surface area contributed by atoms with Gasteiger partial charge in [0.1, 0.15) is 0 Å². The van der Waals surface area contributed by atoms with Crippen LogP contribution in [0.2, 0.25) is 0 Å². The molecule has 6 heteroatoms. The lowest BCUT2D eigenvalue weighted by Crippen LogP contribution is -2.37. The summed E-state index contributed by atoms with van der Waals surface area (Å²) >= 11 is 0. The third-order valence-electron chi connectivity index (χ3n) is 3.78. The molecule has 0 radical (unpaired) electrons. The van der Waals surface area contributed by atoms with Crippen molar-refractivity contribution in [2.75, 3.05) is 31.2 Å². The number of hydrogen-bond donors (Lipinski definition) is 1. The Morgan fingerprint density at radius 1 is 1.42 bits per heavy atom. The average Bonchev–Trinajstić information content (AvgIpc) is 2.47. The molecule has 2 heterocycles. The molecule has 1 aromatic heterocycles. The summed E-state index contributed by atoms with van der Waals surface area (Å²) in [5.74, 6) is -0.260. The summed E-state index contributed by atoms with van der Waals surface area (Å²) in [5, 5.41) is 9.06. The minimum atomic E-state index is -0.720. The molecule has 1 aliphatic heterocycles. The van der Waals surface area contributed by atoms with Crippen LogP contribution in [0.3, 0.4) is 0 Å². The van der Waals surface area contributed by atoms with Crippen LogP contribution in [0.4, 0.5) is 5.95 Å². The van der Waals surface area contributed by atoms with Gasteiger partial charge in [0.25, 0.3) is 0 Å². The molecule has 1 N–H and O–H groups in total. The number of hydrogen-bond acceptors (Lipinski definition) is 5. The summed E-state index contributed by atoms with van der Waals surface area (Å²) in [6.45, 7) is 3.05. The van der Waals surface area contributed by atoms with E-state index in [1.807, 2.05) is 0 Å². The average molecular weight is 263 g/mol. The van der Waals surface area contributed by atoms with Crippen LogP contribution in [0.5, 0.6) is 0 Å².